The van der Waals surface area contributed by atoms with Crippen molar-refractivity contribution in [1.82, 2.24) is 0 Å². The molecular weight excluding hydrogens is 176 g/mol. The Morgan fingerprint density at radius 3 is 2.58 bits per heavy atom. The zero-order chi connectivity index (χ0) is 9.45. The Bertz CT molecular complexity index is 105. The van der Waals surface area contributed by atoms with E-state index < -0.39 is 5.06 Å². The van der Waals surface area contributed by atoms with Crippen LogP contribution in [0.15, 0.2) is 0 Å². The van der Waals surface area contributed by atoms with Crippen molar-refractivity contribution in [3.63, 3.8) is 0 Å². The molecule has 0 bridgehead atoms. The van der Waals surface area contributed by atoms with Gasteiger partial charge in [-0.05, 0) is 26.2 Å². The molecule has 0 amide bonds. The molecule has 12 heavy (non-hydrogen) atoms. The molecule has 0 aliphatic carbocycles. The maximum absolute atomic E-state index is 8.51. The summed E-state index contributed by atoms with van der Waals surface area (Å²) in [6.07, 6.45) is 3.56. The zero-order valence-corrected chi connectivity index (χ0v) is 8.73. The number of hydrogen-bond donors (Lipinski definition) is 1. The highest BCUT2D eigenvalue weighted by Gasteiger charge is 2.18. The van der Waals surface area contributed by atoms with Crippen molar-refractivity contribution < 1.29 is 9.84 Å². The Hall–Kier alpha value is 0.210. The molecule has 3 heteroatoms. The van der Waals surface area contributed by atoms with Crippen LogP contribution in [0.2, 0.25) is 0 Å². The molecule has 0 spiro atoms. The van der Waals surface area contributed by atoms with Crippen LogP contribution in [0, 0.1) is 0 Å². The van der Waals surface area contributed by atoms with Gasteiger partial charge >= 0.3 is 0 Å². The summed E-state index contributed by atoms with van der Waals surface area (Å²) in [5, 5.41) is 8.00. The fraction of sp³-hybridized carbons (Fsp3) is 1.00. The second-order valence-corrected chi connectivity index (χ2v) is 3.93. The van der Waals surface area contributed by atoms with E-state index in [1.54, 1.807) is 0 Å². The molecule has 0 aromatic heterocycles. The molecule has 1 unspecified atom stereocenters. The van der Waals surface area contributed by atoms with Gasteiger partial charge in [0.1, 0.15) is 5.06 Å². The summed E-state index contributed by atoms with van der Waals surface area (Å²) < 4.78 is 5.43. The summed E-state index contributed by atoms with van der Waals surface area (Å²) in [5.74, 6) is 0. The highest BCUT2D eigenvalue weighted by Crippen LogP contribution is 2.22. The highest BCUT2D eigenvalue weighted by atomic mass is 35.5. The van der Waals surface area contributed by atoms with Gasteiger partial charge in [-0.1, -0.05) is 24.9 Å². The van der Waals surface area contributed by atoms with Crippen LogP contribution in [0.3, 0.4) is 0 Å². The molecule has 74 valence electrons. The van der Waals surface area contributed by atoms with Crippen molar-refractivity contribution >= 4 is 11.6 Å². The molecule has 2 nitrogen and oxygen atoms in total. The minimum Gasteiger partial charge on any atom is -0.396 e. The van der Waals surface area contributed by atoms with E-state index >= 15 is 0 Å². The van der Waals surface area contributed by atoms with Gasteiger partial charge in [0.15, 0.2) is 0 Å². The van der Waals surface area contributed by atoms with Gasteiger partial charge in [0, 0.05) is 13.2 Å². The van der Waals surface area contributed by atoms with Crippen molar-refractivity contribution in [1.29, 1.82) is 0 Å². The van der Waals surface area contributed by atoms with E-state index in [2.05, 4.69) is 6.92 Å². The third-order valence-electron chi connectivity index (χ3n) is 1.65. The topological polar surface area (TPSA) is 29.5 Å². The molecule has 0 rings (SSSR count). The first kappa shape index (κ1) is 12.2. The summed E-state index contributed by atoms with van der Waals surface area (Å²) in [5.41, 5.74) is 0. The van der Waals surface area contributed by atoms with Crippen LogP contribution < -0.4 is 0 Å². The molecule has 0 aromatic carbocycles. The second kappa shape index (κ2) is 6.70. The van der Waals surface area contributed by atoms with Crippen LogP contribution in [-0.4, -0.2) is 23.4 Å². The lowest BCUT2D eigenvalue weighted by molar-refractivity contribution is 0.0225. The van der Waals surface area contributed by atoms with E-state index in [1.165, 1.54) is 0 Å². The van der Waals surface area contributed by atoms with Crippen LogP contribution in [0.5, 0.6) is 0 Å². The normalized spacial score (nSPS) is 16.0. The molecule has 0 aliphatic heterocycles. The van der Waals surface area contributed by atoms with E-state index in [0.717, 1.165) is 25.7 Å². The number of alkyl halides is 1. The summed E-state index contributed by atoms with van der Waals surface area (Å²) in [6.45, 7) is 4.84. The largest absolute Gasteiger partial charge is 0.396 e. The first-order valence-electron chi connectivity index (χ1n) is 4.56. The monoisotopic (exact) mass is 194 g/mol. The van der Waals surface area contributed by atoms with Gasteiger partial charge in [0.05, 0.1) is 0 Å². The van der Waals surface area contributed by atoms with Gasteiger partial charge in [0.2, 0.25) is 0 Å². The van der Waals surface area contributed by atoms with Crippen LogP contribution in [0.1, 0.15) is 39.5 Å². The number of ether oxygens (including phenoxy) is 1. The third kappa shape index (κ3) is 6.89. The number of halogens is 1. The van der Waals surface area contributed by atoms with Crippen LogP contribution in [-0.2, 0) is 4.74 Å². The van der Waals surface area contributed by atoms with Crippen molar-refractivity contribution in [2.75, 3.05) is 13.2 Å². The number of aliphatic hydroxyl groups excluding tert-OH is 1. The number of unbranched alkanes of at least 4 members (excludes halogenated alkanes) is 1. The summed E-state index contributed by atoms with van der Waals surface area (Å²) >= 11 is 6.03. The van der Waals surface area contributed by atoms with Crippen molar-refractivity contribution in [2.24, 2.45) is 0 Å². The zero-order valence-electron chi connectivity index (χ0n) is 7.98. The number of aliphatic hydroxyl groups is 1. The van der Waals surface area contributed by atoms with Gasteiger partial charge in [-0.2, -0.15) is 0 Å². The maximum Gasteiger partial charge on any atom is 0.139 e. The lowest BCUT2D eigenvalue weighted by Crippen LogP contribution is -2.21. The molecular formula is C9H19ClO2. The average molecular weight is 195 g/mol. The standard InChI is InChI=1S/C9H19ClO2/c1-3-6-9(2,10)12-8-5-4-7-11/h11H,3-8H2,1-2H3. The van der Waals surface area contributed by atoms with E-state index in [9.17, 15) is 0 Å². The quantitative estimate of drug-likeness (QED) is 0.499. The number of rotatable bonds is 7. The Kier molecular flexibility index (Phi) is 6.81. The van der Waals surface area contributed by atoms with E-state index in [1.807, 2.05) is 6.92 Å². The molecule has 0 radical (unpaired) electrons. The van der Waals surface area contributed by atoms with Gasteiger partial charge < -0.3 is 9.84 Å². The Labute approximate surface area is 79.9 Å². The minimum atomic E-state index is -0.510. The van der Waals surface area contributed by atoms with Crippen LogP contribution >= 0.6 is 11.6 Å². The predicted octanol–water partition coefficient (Wildman–Crippen LogP) is 2.53. The molecule has 0 heterocycles. The average Bonchev–Trinajstić information content (AvgIpc) is 1.98. The first-order chi connectivity index (χ1) is 5.62. The summed E-state index contributed by atoms with van der Waals surface area (Å²) in [4.78, 5) is 0. The molecule has 0 aliphatic rings. The predicted molar refractivity (Wildman–Crippen MR) is 51.4 cm³/mol. The Morgan fingerprint density at radius 2 is 2.08 bits per heavy atom. The van der Waals surface area contributed by atoms with E-state index in [0.29, 0.717) is 6.61 Å². The third-order valence-corrected chi connectivity index (χ3v) is 1.95. The fourth-order valence-electron chi connectivity index (χ4n) is 1.02. The SMILES string of the molecule is CCCC(C)(Cl)OCCCCO. The van der Waals surface area contributed by atoms with Gasteiger partial charge in [-0.3, -0.25) is 0 Å². The highest BCUT2D eigenvalue weighted by molar-refractivity contribution is 6.22. The van der Waals surface area contributed by atoms with Gasteiger partial charge in [-0.15, -0.1) is 0 Å². The Morgan fingerprint density at radius 1 is 1.42 bits per heavy atom. The second-order valence-electron chi connectivity index (χ2n) is 3.13. The summed E-state index contributed by atoms with van der Waals surface area (Å²) in [6, 6.07) is 0. The molecule has 0 aromatic rings. The van der Waals surface area contributed by atoms with Crippen LogP contribution in [0.4, 0.5) is 0 Å². The van der Waals surface area contributed by atoms with Crippen molar-refractivity contribution in [3.8, 4) is 0 Å². The van der Waals surface area contributed by atoms with Crippen molar-refractivity contribution in [2.45, 2.75) is 44.6 Å². The van der Waals surface area contributed by atoms with Crippen molar-refractivity contribution in [3.05, 3.63) is 0 Å². The maximum atomic E-state index is 8.51. The molecule has 0 fully saturated rings. The fourth-order valence-corrected chi connectivity index (χ4v) is 1.28. The molecule has 1 N–H and O–H groups in total. The number of hydrogen-bond acceptors (Lipinski definition) is 2. The van der Waals surface area contributed by atoms with E-state index in [-0.39, 0.29) is 6.61 Å². The summed E-state index contributed by atoms with van der Waals surface area (Å²) in [7, 11) is 0. The van der Waals surface area contributed by atoms with Crippen LogP contribution in [0.25, 0.3) is 0 Å². The lowest BCUT2D eigenvalue weighted by Gasteiger charge is -2.21. The minimum absolute atomic E-state index is 0.232. The lowest BCUT2D eigenvalue weighted by atomic mass is 10.2. The molecule has 0 saturated heterocycles. The van der Waals surface area contributed by atoms with Gasteiger partial charge in [0.25, 0.3) is 0 Å². The first-order valence-corrected chi connectivity index (χ1v) is 4.94. The van der Waals surface area contributed by atoms with Gasteiger partial charge in [-0.25, -0.2) is 0 Å². The van der Waals surface area contributed by atoms with E-state index in [4.69, 9.17) is 21.4 Å². The molecule has 1 atom stereocenters. The smallest absolute Gasteiger partial charge is 0.139 e. The molecule has 0 saturated carbocycles. The Balaban J connectivity index is 3.33.